The van der Waals surface area contributed by atoms with E-state index in [1.54, 1.807) is 36.4 Å². The molecule has 0 bridgehead atoms. The molecule has 0 fully saturated rings. The predicted octanol–water partition coefficient (Wildman–Crippen LogP) is 4.66. The van der Waals surface area contributed by atoms with E-state index in [0.717, 1.165) is 14.7 Å². The topological polar surface area (TPSA) is 70.2 Å². The first-order valence-electron chi connectivity index (χ1n) is 9.23. The summed E-state index contributed by atoms with van der Waals surface area (Å²) in [5.74, 6) is -0.541. The van der Waals surface area contributed by atoms with Gasteiger partial charge in [0.05, 0.1) is 11.3 Å². The fraction of sp³-hybridized carbons (Fsp3) is 0.0870. The van der Waals surface area contributed by atoms with Gasteiger partial charge in [-0.3, -0.25) is 14.9 Å². The second-order valence-electron chi connectivity index (χ2n) is 6.59. The minimum absolute atomic E-state index is 0.124. The quantitative estimate of drug-likeness (QED) is 0.333. The van der Waals surface area contributed by atoms with Gasteiger partial charge in [-0.05, 0) is 77.1 Å². The lowest BCUT2D eigenvalue weighted by molar-refractivity contribution is 0.0950. The average molecular weight is 529 g/mol. The van der Waals surface area contributed by atoms with Crippen LogP contribution in [0.2, 0.25) is 0 Å². The molecule has 0 heterocycles. The summed E-state index contributed by atoms with van der Waals surface area (Å²) in [4.78, 5) is 25.1. The highest BCUT2D eigenvalue weighted by Crippen LogP contribution is 2.16. The van der Waals surface area contributed by atoms with Crippen LogP contribution in [-0.2, 0) is 6.54 Å². The maximum Gasteiger partial charge on any atom is 0.257 e. The minimum Gasteiger partial charge on any atom is -0.348 e. The number of hydrogen-bond acceptors (Lipinski definition) is 3. The Balaban J connectivity index is 1.64. The second kappa shape index (κ2) is 10.3. The van der Waals surface area contributed by atoms with Gasteiger partial charge in [0, 0.05) is 15.7 Å². The first kappa shape index (κ1) is 21.9. The number of rotatable bonds is 5. The molecule has 3 N–H and O–H groups in total. The standard InChI is InChI=1S/C23H20IN3O2S/c1-15-11-12-17(13-19(15)24)21(28)27-23(30)26-20-10-6-5-9-18(20)22(29)25-14-16-7-3-2-4-8-16/h2-13H,14H2,1H3,(H,25,29)(H2,26,27,28,30). The first-order chi connectivity index (χ1) is 14.4. The van der Waals surface area contributed by atoms with E-state index in [1.165, 1.54) is 0 Å². The van der Waals surface area contributed by atoms with Crippen LogP contribution in [-0.4, -0.2) is 16.9 Å². The number of amides is 2. The fourth-order valence-corrected chi connectivity index (χ4v) is 3.44. The Labute approximate surface area is 194 Å². The van der Waals surface area contributed by atoms with Crippen molar-refractivity contribution in [2.45, 2.75) is 13.5 Å². The number of halogens is 1. The van der Waals surface area contributed by atoms with Crippen LogP contribution >= 0.6 is 34.8 Å². The molecule has 0 aromatic heterocycles. The van der Waals surface area contributed by atoms with Crippen LogP contribution < -0.4 is 16.0 Å². The molecule has 5 nitrogen and oxygen atoms in total. The van der Waals surface area contributed by atoms with Crippen molar-refractivity contribution in [3.05, 3.63) is 98.6 Å². The molecular formula is C23H20IN3O2S. The van der Waals surface area contributed by atoms with Crippen LogP contribution in [0.5, 0.6) is 0 Å². The lowest BCUT2D eigenvalue weighted by Crippen LogP contribution is -2.35. The number of thiocarbonyl (C=S) groups is 1. The molecule has 7 heteroatoms. The Morgan fingerprint density at radius 3 is 2.37 bits per heavy atom. The maximum atomic E-state index is 12.7. The molecule has 0 atom stereocenters. The Morgan fingerprint density at radius 1 is 0.933 bits per heavy atom. The van der Waals surface area contributed by atoms with Crippen LogP contribution in [0.4, 0.5) is 5.69 Å². The molecule has 0 radical (unpaired) electrons. The predicted molar refractivity (Wildman–Crippen MR) is 132 cm³/mol. The van der Waals surface area contributed by atoms with E-state index in [2.05, 4.69) is 38.5 Å². The zero-order valence-corrected chi connectivity index (χ0v) is 19.2. The van der Waals surface area contributed by atoms with Gasteiger partial charge in [0.2, 0.25) is 0 Å². The fourth-order valence-electron chi connectivity index (χ4n) is 2.73. The maximum absolute atomic E-state index is 12.7. The average Bonchev–Trinajstić information content (AvgIpc) is 2.75. The number of anilines is 1. The van der Waals surface area contributed by atoms with Crippen LogP contribution in [0.15, 0.2) is 72.8 Å². The van der Waals surface area contributed by atoms with E-state index in [0.29, 0.717) is 23.4 Å². The molecule has 3 rings (SSSR count). The molecule has 0 saturated heterocycles. The summed E-state index contributed by atoms with van der Waals surface area (Å²) < 4.78 is 1.000. The summed E-state index contributed by atoms with van der Waals surface area (Å²) in [7, 11) is 0. The number of para-hydroxylation sites is 1. The third kappa shape index (κ3) is 5.87. The van der Waals surface area contributed by atoms with E-state index in [4.69, 9.17) is 12.2 Å². The SMILES string of the molecule is Cc1ccc(C(=O)NC(=S)Nc2ccccc2C(=O)NCc2ccccc2)cc1I. The second-order valence-corrected chi connectivity index (χ2v) is 8.16. The normalized spacial score (nSPS) is 10.2. The molecule has 2 amide bonds. The number of aryl methyl sites for hydroxylation is 1. The molecular weight excluding hydrogens is 509 g/mol. The first-order valence-corrected chi connectivity index (χ1v) is 10.7. The number of benzene rings is 3. The van der Waals surface area contributed by atoms with Crippen molar-refractivity contribution < 1.29 is 9.59 Å². The molecule has 0 aliphatic heterocycles. The zero-order chi connectivity index (χ0) is 21.5. The molecule has 0 saturated carbocycles. The van der Waals surface area contributed by atoms with Gasteiger partial charge in [-0.2, -0.15) is 0 Å². The third-order valence-electron chi connectivity index (χ3n) is 4.38. The highest BCUT2D eigenvalue weighted by atomic mass is 127. The molecule has 0 aliphatic rings. The number of nitrogens with one attached hydrogen (secondary N) is 3. The monoisotopic (exact) mass is 529 g/mol. The molecule has 0 spiro atoms. The van der Waals surface area contributed by atoms with Gasteiger partial charge in [-0.25, -0.2) is 0 Å². The lowest BCUT2D eigenvalue weighted by Gasteiger charge is -2.14. The van der Waals surface area contributed by atoms with E-state index >= 15 is 0 Å². The lowest BCUT2D eigenvalue weighted by atomic mass is 10.1. The zero-order valence-electron chi connectivity index (χ0n) is 16.2. The van der Waals surface area contributed by atoms with Crippen molar-refractivity contribution in [3.8, 4) is 0 Å². The minimum atomic E-state index is -0.309. The molecule has 0 aliphatic carbocycles. The van der Waals surface area contributed by atoms with Gasteiger partial charge < -0.3 is 10.6 Å². The van der Waals surface area contributed by atoms with E-state index in [1.807, 2.05) is 43.3 Å². The third-order valence-corrected chi connectivity index (χ3v) is 5.74. The van der Waals surface area contributed by atoms with Crippen LogP contribution in [0, 0.1) is 10.5 Å². The van der Waals surface area contributed by atoms with E-state index in [9.17, 15) is 9.59 Å². The van der Waals surface area contributed by atoms with E-state index in [-0.39, 0.29) is 16.9 Å². The van der Waals surface area contributed by atoms with Gasteiger partial charge in [0.25, 0.3) is 11.8 Å². The number of carbonyl (C=O) groups is 2. The number of carbonyl (C=O) groups excluding carboxylic acids is 2. The molecule has 3 aromatic rings. The highest BCUT2D eigenvalue weighted by Gasteiger charge is 2.14. The van der Waals surface area contributed by atoms with Crippen LogP contribution in [0.25, 0.3) is 0 Å². The van der Waals surface area contributed by atoms with Crippen molar-refractivity contribution in [3.63, 3.8) is 0 Å². The number of hydrogen-bond donors (Lipinski definition) is 3. The largest absolute Gasteiger partial charge is 0.348 e. The molecule has 30 heavy (non-hydrogen) atoms. The highest BCUT2D eigenvalue weighted by molar-refractivity contribution is 14.1. The summed E-state index contributed by atoms with van der Waals surface area (Å²) in [5, 5.41) is 8.64. The Morgan fingerprint density at radius 2 is 1.63 bits per heavy atom. The van der Waals surface area contributed by atoms with Crippen molar-refractivity contribution in [1.29, 1.82) is 0 Å². The summed E-state index contributed by atoms with van der Waals surface area (Å²) in [5.41, 5.74) is 3.58. The van der Waals surface area contributed by atoms with Gasteiger partial charge in [-0.1, -0.05) is 48.5 Å². The van der Waals surface area contributed by atoms with Gasteiger partial charge in [0.15, 0.2) is 5.11 Å². The van der Waals surface area contributed by atoms with Crippen LogP contribution in [0.3, 0.4) is 0 Å². The molecule has 0 unspecified atom stereocenters. The Kier molecular flexibility index (Phi) is 7.53. The van der Waals surface area contributed by atoms with Gasteiger partial charge in [0.1, 0.15) is 0 Å². The summed E-state index contributed by atoms with van der Waals surface area (Å²) >= 11 is 7.47. The molecule has 152 valence electrons. The van der Waals surface area contributed by atoms with E-state index < -0.39 is 0 Å². The van der Waals surface area contributed by atoms with Crippen molar-refractivity contribution in [2.24, 2.45) is 0 Å². The van der Waals surface area contributed by atoms with Gasteiger partial charge in [-0.15, -0.1) is 0 Å². The Bertz CT molecular complexity index is 1090. The van der Waals surface area contributed by atoms with Crippen LogP contribution in [0.1, 0.15) is 31.8 Å². The van der Waals surface area contributed by atoms with Crippen molar-refractivity contribution in [1.82, 2.24) is 10.6 Å². The van der Waals surface area contributed by atoms with Crippen molar-refractivity contribution in [2.75, 3.05) is 5.32 Å². The van der Waals surface area contributed by atoms with Crippen molar-refractivity contribution >= 4 is 57.4 Å². The summed E-state index contributed by atoms with van der Waals surface area (Å²) in [6.45, 7) is 2.40. The smallest absolute Gasteiger partial charge is 0.257 e. The summed E-state index contributed by atoms with van der Waals surface area (Å²) in [6.07, 6.45) is 0. The van der Waals surface area contributed by atoms with Gasteiger partial charge >= 0.3 is 0 Å². The summed E-state index contributed by atoms with van der Waals surface area (Å²) in [6, 6.07) is 22.1. The Hall–Kier alpha value is -2.78. The molecule has 3 aromatic carbocycles.